The Balaban J connectivity index is 1.61. The van der Waals surface area contributed by atoms with Crippen LogP contribution in [0.2, 0.25) is 10.0 Å². The van der Waals surface area contributed by atoms with Crippen LogP contribution >= 0.6 is 23.2 Å². The van der Waals surface area contributed by atoms with E-state index in [0.717, 1.165) is 5.56 Å². The minimum atomic E-state index is -3.74. The van der Waals surface area contributed by atoms with Crippen molar-refractivity contribution < 1.29 is 17.6 Å². The summed E-state index contributed by atoms with van der Waals surface area (Å²) in [4.78, 5) is 12.6. The van der Waals surface area contributed by atoms with E-state index in [-0.39, 0.29) is 35.5 Å². The number of piperidine rings is 1. The van der Waals surface area contributed by atoms with Gasteiger partial charge in [-0.05, 0) is 55.7 Å². The van der Waals surface area contributed by atoms with Crippen molar-refractivity contribution in [3.05, 3.63) is 63.4 Å². The summed E-state index contributed by atoms with van der Waals surface area (Å²) in [6, 6.07) is 9.29. The van der Waals surface area contributed by atoms with Gasteiger partial charge in [-0.25, -0.2) is 17.1 Å². The van der Waals surface area contributed by atoms with Gasteiger partial charge in [0.2, 0.25) is 15.9 Å². The number of anilines is 1. The second-order valence-electron chi connectivity index (χ2n) is 7.08. The molecule has 0 atom stereocenters. The van der Waals surface area contributed by atoms with Gasteiger partial charge < -0.3 is 5.32 Å². The van der Waals surface area contributed by atoms with Crippen LogP contribution in [0.25, 0.3) is 0 Å². The minimum absolute atomic E-state index is 0.0350. The molecule has 0 aliphatic carbocycles. The van der Waals surface area contributed by atoms with E-state index in [9.17, 15) is 17.6 Å². The first-order valence-electron chi connectivity index (χ1n) is 9.15. The van der Waals surface area contributed by atoms with Crippen molar-refractivity contribution in [2.45, 2.75) is 25.5 Å². The van der Waals surface area contributed by atoms with Crippen LogP contribution in [-0.2, 0) is 20.6 Å². The minimum Gasteiger partial charge on any atom is -0.326 e. The molecule has 0 radical (unpaired) electrons. The van der Waals surface area contributed by atoms with Crippen molar-refractivity contribution in [3.63, 3.8) is 0 Å². The SMILES string of the molecule is Cc1cc(Cl)ccc1NC(=O)C1CCN(S(=O)(=O)Cc2c(F)cccc2Cl)CC1. The predicted molar refractivity (Wildman–Crippen MR) is 113 cm³/mol. The van der Waals surface area contributed by atoms with Crippen LogP contribution in [0.4, 0.5) is 10.1 Å². The molecule has 1 heterocycles. The lowest BCUT2D eigenvalue weighted by Gasteiger charge is -2.30. The highest BCUT2D eigenvalue weighted by atomic mass is 35.5. The van der Waals surface area contributed by atoms with Crippen molar-refractivity contribution in [1.82, 2.24) is 4.31 Å². The van der Waals surface area contributed by atoms with Crippen molar-refractivity contribution in [2.24, 2.45) is 5.92 Å². The Kier molecular flexibility index (Phi) is 6.83. The number of amides is 1. The second-order valence-corrected chi connectivity index (χ2v) is 9.89. The average Bonchev–Trinajstić information content (AvgIpc) is 2.67. The number of nitrogens with one attached hydrogen (secondary N) is 1. The fourth-order valence-corrected chi connectivity index (χ4v) is 5.49. The molecule has 9 heteroatoms. The number of hydrogen-bond donors (Lipinski definition) is 1. The summed E-state index contributed by atoms with van der Waals surface area (Å²) in [5.74, 6) is -1.59. The summed E-state index contributed by atoms with van der Waals surface area (Å²) < 4.78 is 40.6. The number of carbonyl (C=O) groups excluding carboxylic acids is 1. The van der Waals surface area contributed by atoms with Gasteiger partial charge in [-0.15, -0.1) is 0 Å². The molecule has 3 rings (SSSR count). The number of aryl methyl sites for hydroxylation is 1. The molecule has 156 valence electrons. The molecule has 1 aliphatic heterocycles. The van der Waals surface area contributed by atoms with Gasteiger partial charge >= 0.3 is 0 Å². The summed E-state index contributed by atoms with van der Waals surface area (Å²) in [5.41, 5.74) is 1.50. The van der Waals surface area contributed by atoms with Crippen LogP contribution in [0, 0.1) is 18.7 Å². The van der Waals surface area contributed by atoms with Crippen LogP contribution in [-0.4, -0.2) is 31.7 Å². The number of rotatable bonds is 5. The predicted octanol–water partition coefficient (Wildman–Crippen LogP) is 4.62. The van der Waals surface area contributed by atoms with Crippen molar-refractivity contribution in [1.29, 1.82) is 0 Å². The van der Waals surface area contributed by atoms with Crippen LogP contribution < -0.4 is 5.32 Å². The lowest BCUT2D eigenvalue weighted by Crippen LogP contribution is -2.42. The smallest absolute Gasteiger partial charge is 0.227 e. The largest absolute Gasteiger partial charge is 0.326 e. The van der Waals surface area contributed by atoms with Crippen molar-refractivity contribution in [2.75, 3.05) is 18.4 Å². The molecule has 2 aromatic rings. The Morgan fingerprint density at radius 3 is 2.52 bits per heavy atom. The summed E-state index contributed by atoms with van der Waals surface area (Å²) in [6.07, 6.45) is 0.783. The van der Waals surface area contributed by atoms with E-state index in [0.29, 0.717) is 23.6 Å². The first kappa shape index (κ1) is 22.0. The van der Waals surface area contributed by atoms with Gasteiger partial charge in [-0.2, -0.15) is 0 Å². The zero-order valence-corrected chi connectivity index (χ0v) is 18.1. The van der Waals surface area contributed by atoms with Gasteiger partial charge in [0.1, 0.15) is 5.82 Å². The van der Waals surface area contributed by atoms with Gasteiger partial charge in [0, 0.05) is 40.3 Å². The lowest BCUT2D eigenvalue weighted by molar-refractivity contribution is -0.120. The second kappa shape index (κ2) is 9.00. The van der Waals surface area contributed by atoms with Gasteiger partial charge in [0.05, 0.1) is 5.75 Å². The molecule has 0 spiro atoms. The molecular formula is C20H21Cl2FN2O3S. The number of hydrogen-bond acceptors (Lipinski definition) is 3. The first-order valence-corrected chi connectivity index (χ1v) is 11.5. The topological polar surface area (TPSA) is 66.5 Å². The van der Waals surface area contributed by atoms with Crippen LogP contribution in [0.1, 0.15) is 24.0 Å². The molecule has 0 bridgehead atoms. The molecule has 0 saturated carbocycles. The molecule has 5 nitrogen and oxygen atoms in total. The number of benzene rings is 2. The lowest BCUT2D eigenvalue weighted by atomic mass is 9.97. The number of halogens is 3. The monoisotopic (exact) mass is 458 g/mol. The maximum absolute atomic E-state index is 14.0. The van der Waals surface area contributed by atoms with Crippen LogP contribution in [0.3, 0.4) is 0 Å². The molecule has 1 amide bonds. The van der Waals surface area contributed by atoms with Gasteiger partial charge in [0.15, 0.2) is 0 Å². The first-order chi connectivity index (χ1) is 13.7. The van der Waals surface area contributed by atoms with Crippen molar-refractivity contribution >= 4 is 44.8 Å². The maximum Gasteiger partial charge on any atom is 0.227 e. The third kappa shape index (κ3) is 5.28. The summed E-state index contributed by atoms with van der Waals surface area (Å²) in [7, 11) is -3.74. The molecule has 29 heavy (non-hydrogen) atoms. The fourth-order valence-electron chi connectivity index (χ4n) is 3.34. The maximum atomic E-state index is 14.0. The van der Waals surface area contributed by atoms with E-state index >= 15 is 0 Å². The molecule has 0 aromatic heterocycles. The summed E-state index contributed by atoms with van der Waals surface area (Å²) in [5, 5.41) is 3.56. The third-order valence-corrected chi connectivity index (χ3v) is 7.45. The Hall–Kier alpha value is -1.67. The van der Waals surface area contributed by atoms with E-state index in [1.807, 2.05) is 6.92 Å². The molecule has 1 saturated heterocycles. The quantitative estimate of drug-likeness (QED) is 0.710. The Bertz CT molecular complexity index is 1000. The summed E-state index contributed by atoms with van der Waals surface area (Å²) >= 11 is 11.9. The highest BCUT2D eigenvalue weighted by Crippen LogP contribution is 2.27. The van der Waals surface area contributed by atoms with Gasteiger partial charge in [0.25, 0.3) is 0 Å². The highest BCUT2D eigenvalue weighted by molar-refractivity contribution is 7.88. The zero-order valence-electron chi connectivity index (χ0n) is 15.8. The normalized spacial score (nSPS) is 16.0. The molecular weight excluding hydrogens is 438 g/mol. The standard InChI is InChI=1S/C20H21Cl2FN2O3S/c1-13-11-15(21)5-6-19(13)24-20(26)14-7-9-25(10-8-14)29(27,28)12-16-17(22)3-2-4-18(16)23/h2-6,11,14H,7-10,12H2,1H3,(H,24,26). The number of carbonyl (C=O) groups is 1. The van der Waals surface area contributed by atoms with E-state index in [1.54, 1.807) is 18.2 Å². The molecule has 0 unspecified atom stereocenters. The van der Waals surface area contributed by atoms with Crippen molar-refractivity contribution in [3.8, 4) is 0 Å². The Labute approximate surface area is 179 Å². The third-order valence-electron chi connectivity index (χ3n) is 5.05. The average molecular weight is 459 g/mol. The molecule has 1 aliphatic rings. The molecule has 1 N–H and O–H groups in total. The molecule has 1 fully saturated rings. The number of sulfonamides is 1. The summed E-state index contributed by atoms with van der Waals surface area (Å²) in [6.45, 7) is 2.25. The fraction of sp³-hybridized carbons (Fsp3) is 0.350. The van der Waals surface area contributed by atoms with Gasteiger partial charge in [-0.3, -0.25) is 4.79 Å². The number of nitrogens with zero attached hydrogens (tertiary/aromatic N) is 1. The van der Waals surface area contributed by atoms with E-state index < -0.39 is 21.6 Å². The Morgan fingerprint density at radius 2 is 1.90 bits per heavy atom. The Morgan fingerprint density at radius 1 is 1.21 bits per heavy atom. The van der Waals surface area contributed by atoms with E-state index in [1.165, 1.54) is 22.5 Å². The van der Waals surface area contributed by atoms with E-state index in [2.05, 4.69) is 5.32 Å². The zero-order chi connectivity index (χ0) is 21.2. The van der Waals surface area contributed by atoms with Gasteiger partial charge in [-0.1, -0.05) is 29.3 Å². The van der Waals surface area contributed by atoms with E-state index in [4.69, 9.17) is 23.2 Å². The van der Waals surface area contributed by atoms with Crippen LogP contribution in [0.5, 0.6) is 0 Å². The van der Waals surface area contributed by atoms with Crippen LogP contribution in [0.15, 0.2) is 36.4 Å². The highest BCUT2D eigenvalue weighted by Gasteiger charge is 2.32. The molecule has 2 aromatic carbocycles.